The van der Waals surface area contributed by atoms with Gasteiger partial charge in [-0.1, -0.05) is 53.7 Å². The number of rotatable bonds is 7. The number of aromatic nitrogens is 2. The van der Waals surface area contributed by atoms with Crippen LogP contribution in [0, 0.1) is 6.92 Å². The maximum atomic E-state index is 12.4. The lowest BCUT2D eigenvalue weighted by Crippen LogP contribution is -2.06. The van der Waals surface area contributed by atoms with E-state index in [1.54, 1.807) is 13.0 Å². The predicted molar refractivity (Wildman–Crippen MR) is 101 cm³/mol. The molecule has 0 N–H and O–H groups in total. The van der Waals surface area contributed by atoms with E-state index >= 15 is 0 Å². The third-order valence-electron chi connectivity index (χ3n) is 3.45. The highest BCUT2D eigenvalue weighted by molar-refractivity contribution is 7.98. The molecule has 0 unspecified atom stereocenters. The zero-order valence-corrected chi connectivity index (χ0v) is 15.1. The number of nitrogens with zero attached hydrogens (tertiary/aromatic N) is 2. The smallest absolute Gasteiger partial charge is 0.339 e. The van der Waals surface area contributed by atoms with Crippen LogP contribution in [0.25, 0.3) is 6.08 Å². The van der Waals surface area contributed by atoms with Crippen LogP contribution in [0.3, 0.4) is 0 Å². The SMILES string of the molecule is Cc1noc(CSc2ccccc2C(=O)OC/C=C/c2ccccc2)n1. The fourth-order valence-electron chi connectivity index (χ4n) is 2.25. The second kappa shape index (κ2) is 9.01. The third kappa shape index (κ3) is 5.07. The Balaban J connectivity index is 1.57. The molecule has 0 aliphatic carbocycles. The van der Waals surface area contributed by atoms with Crippen molar-refractivity contribution in [2.45, 2.75) is 17.6 Å². The molecule has 0 spiro atoms. The average molecular weight is 366 g/mol. The van der Waals surface area contributed by atoms with Crippen molar-refractivity contribution in [3.63, 3.8) is 0 Å². The van der Waals surface area contributed by atoms with Gasteiger partial charge in [0, 0.05) is 4.90 Å². The van der Waals surface area contributed by atoms with Crippen molar-refractivity contribution in [2.75, 3.05) is 6.61 Å². The molecule has 26 heavy (non-hydrogen) atoms. The molecule has 0 radical (unpaired) electrons. The molecule has 3 rings (SSSR count). The van der Waals surface area contributed by atoms with Crippen molar-refractivity contribution in [3.05, 3.63) is 83.5 Å². The molecular formula is C20H18N2O3S. The molecule has 0 saturated carbocycles. The Morgan fingerprint density at radius 2 is 1.92 bits per heavy atom. The second-order valence-corrected chi connectivity index (χ2v) is 6.45. The Kier molecular flexibility index (Phi) is 6.22. The topological polar surface area (TPSA) is 65.2 Å². The summed E-state index contributed by atoms with van der Waals surface area (Å²) in [6.07, 6.45) is 3.75. The number of hydrogen-bond acceptors (Lipinski definition) is 6. The molecule has 0 amide bonds. The summed E-state index contributed by atoms with van der Waals surface area (Å²) in [5.74, 6) is 1.27. The molecule has 0 aliphatic heterocycles. The molecule has 3 aromatic rings. The fourth-order valence-corrected chi connectivity index (χ4v) is 3.13. The van der Waals surface area contributed by atoms with E-state index in [9.17, 15) is 4.79 Å². The van der Waals surface area contributed by atoms with Gasteiger partial charge in [-0.25, -0.2) is 4.79 Å². The lowest BCUT2D eigenvalue weighted by Gasteiger charge is -2.07. The minimum Gasteiger partial charge on any atom is -0.458 e. The Bertz CT molecular complexity index is 891. The lowest BCUT2D eigenvalue weighted by atomic mass is 10.2. The Morgan fingerprint density at radius 3 is 2.69 bits per heavy atom. The van der Waals surface area contributed by atoms with Crippen LogP contribution in [0.2, 0.25) is 0 Å². The molecule has 5 nitrogen and oxygen atoms in total. The van der Waals surface area contributed by atoms with Crippen LogP contribution in [-0.2, 0) is 10.5 Å². The summed E-state index contributed by atoms with van der Waals surface area (Å²) in [5, 5.41) is 3.76. The number of benzene rings is 2. The number of ether oxygens (including phenoxy) is 1. The Morgan fingerprint density at radius 1 is 1.15 bits per heavy atom. The first-order chi connectivity index (χ1) is 12.7. The molecular weight excluding hydrogens is 348 g/mol. The van der Waals surface area contributed by atoms with Gasteiger partial charge in [0.15, 0.2) is 5.82 Å². The van der Waals surface area contributed by atoms with Crippen LogP contribution >= 0.6 is 11.8 Å². The Labute approximate surface area is 156 Å². The molecule has 1 aromatic heterocycles. The summed E-state index contributed by atoms with van der Waals surface area (Å²) < 4.78 is 10.5. The molecule has 132 valence electrons. The first-order valence-corrected chi connectivity index (χ1v) is 9.10. The van der Waals surface area contributed by atoms with Crippen LogP contribution < -0.4 is 0 Å². The maximum Gasteiger partial charge on any atom is 0.339 e. The van der Waals surface area contributed by atoms with Gasteiger partial charge >= 0.3 is 5.97 Å². The van der Waals surface area contributed by atoms with Gasteiger partial charge in [-0.3, -0.25) is 0 Å². The highest BCUT2D eigenvalue weighted by atomic mass is 32.2. The molecule has 0 fully saturated rings. The van der Waals surface area contributed by atoms with Gasteiger partial charge in [0.2, 0.25) is 5.89 Å². The van der Waals surface area contributed by atoms with E-state index in [0.29, 0.717) is 23.0 Å². The number of carbonyl (C=O) groups excluding carboxylic acids is 1. The number of thioether (sulfide) groups is 1. The summed E-state index contributed by atoms with van der Waals surface area (Å²) in [4.78, 5) is 17.4. The van der Waals surface area contributed by atoms with Gasteiger partial charge in [-0.2, -0.15) is 4.98 Å². The van der Waals surface area contributed by atoms with Crippen molar-refractivity contribution < 1.29 is 14.1 Å². The largest absolute Gasteiger partial charge is 0.458 e. The van der Waals surface area contributed by atoms with Gasteiger partial charge < -0.3 is 9.26 Å². The van der Waals surface area contributed by atoms with Crippen molar-refractivity contribution in [2.24, 2.45) is 0 Å². The maximum absolute atomic E-state index is 12.4. The van der Waals surface area contributed by atoms with Gasteiger partial charge in [0.25, 0.3) is 0 Å². The van der Waals surface area contributed by atoms with E-state index < -0.39 is 0 Å². The van der Waals surface area contributed by atoms with Crippen molar-refractivity contribution in [1.82, 2.24) is 10.1 Å². The molecule has 0 aliphatic rings. The van der Waals surface area contributed by atoms with Crippen LogP contribution in [0.5, 0.6) is 0 Å². The standard InChI is InChI=1S/C20H18N2O3S/c1-15-21-19(25-22-15)14-26-18-12-6-5-11-17(18)20(23)24-13-7-10-16-8-3-2-4-9-16/h2-12H,13-14H2,1H3/b10-7+. The van der Waals surface area contributed by atoms with Gasteiger partial charge in [-0.05, 0) is 30.7 Å². The van der Waals surface area contributed by atoms with Crippen molar-refractivity contribution in [1.29, 1.82) is 0 Å². The third-order valence-corrected chi connectivity index (χ3v) is 4.51. The highest BCUT2D eigenvalue weighted by Crippen LogP contribution is 2.26. The highest BCUT2D eigenvalue weighted by Gasteiger charge is 2.13. The van der Waals surface area contributed by atoms with Crippen LogP contribution in [0.1, 0.15) is 27.6 Å². The van der Waals surface area contributed by atoms with E-state index in [1.807, 2.05) is 60.7 Å². The zero-order valence-electron chi connectivity index (χ0n) is 14.3. The first kappa shape index (κ1) is 17.9. The van der Waals surface area contributed by atoms with Gasteiger partial charge in [0.1, 0.15) is 6.61 Å². The number of aryl methyl sites for hydroxylation is 1. The van der Waals surface area contributed by atoms with E-state index in [-0.39, 0.29) is 12.6 Å². The van der Waals surface area contributed by atoms with Gasteiger partial charge in [-0.15, -0.1) is 11.8 Å². The second-order valence-electron chi connectivity index (χ2n) is 5.43. The van der Waals surface area contributed by atoms with Crippen LogP contribution in [0.4, 0.5) is 0 Å². The van der Waals surface area contributed by atoms with E-state index in [2.05, 4.69) is 10.1 Å². The minimum absolute atomic E-state index is 0.218. The molecule has 2 aromatic carbocycles. The molecule has 0 saturated heterocycles. The summed E-state index contributed by atoms with van der Waals surface area (Å²) in [7, 11) is 0. The van der Waals surface area contributed by atoms with Crippen molar-refractivity contribution in [3.8, 4) is 0 Å². The average Bonchev–Trinajstić information content (AvgIpc) is 3.10. The predicted octanol–water partition coefficient (Wildman–Crippen LogP) is 4.54. The molecule has 0 atom stereocenters. The summed E-state index contributed by atoms with van der Waals surface area (Å²) in [5.41, 5.74) is 1.59. The number of carbonyl (C=O) groups is 1. The van der Waals surface area contributed by atoms with Crippen molar-refractivity contribution >= 4 is 23.8 Å². The first-order valence-electron chi connectivity index (χ1n) is 8.12. The number of esters is 1. The quantitative estimate of drug-likeness (QED) is 0.452. The van der Waals surface area contributed by atoms with Crippen LogP contribution in [-0.4, -0.2) is 22.7 Å². The van der Waals surface area contributed by atoms with Gasteiger partial charge in [0.05, 0.1) is 11.3 Å². The monoisotopic (exact) mass is 366 g/mol. The summed E-state index contributed by atoms with van der Waals surface area (Å²) in [6, 6.07) is 17.2. The lowest BCUT2D eigenvalue weighted by molar-refractivity contribution is 0.0546. The van der Waals surface area contributed by atoms with E-state index in [0.717, 1.165) is 10.5 Å². The summed E-state index contributed by atoms with van der Waals surface area (Å²) >= 11 is 1.46. The fraction of sp³-hybridized carbons (Fsp3) is 0.150. The molecule has 1 heterocycles. The minimum atomic E-state index is -0.354. The molecule has 0 bridgehead atoms. The number of hydrogen-bond donors (Lipinski definition) is 0. The molecule has 6 heteroatoms. The zero-order chi connectivity index (χ0) is 18.2. The Hall–Kier alpha value is -2.86. The van der Waals surface area contributed by atoms with Crippen LogP contribution in [0.15, 0.2) is 70.1 Å². The normalized spacial score (nSPS) is 11.0. The van der Waals surface area contributed by atoms with E-state index in [1.165, 1.54) is 11.8 Å². The summed E-state index contributed by atoms with van der Waals surface area (Å²) in [6.45, 7) is 1.99. The van der Waals surface area contributed by atoms with E-state index in [4.69, 9.17) is 9.26 Å².